The number of nitrogens with zero attached hydrogens (tertiary/aromatic N) is 1. The third-order valence-electron chi connectivity index (χ3n) is 5.11. The van der Waals surface area contributed by atoms with Crippen LogP contribution in [0.3, 0.4) is 0 Å². The quantitative estimate of drug-likeness (QED) is 0.917. The SMILES string of the molecule is O=C(O)CN1CCC2(C=C(c3ccccc3)c3c(F)cccc3O2)CC1. The number of hydrogen-bond acceptors (Lipinski definition) is 3. The number of benzene rings is 2. The van der Waals surface area contributed by atoms with Gasteiger partial charge >= 0.3 is 5.97 Å². The van der Waals surface area contributed by atoms with Gasteiger partial charge in [0.15, 0.2) is 0 Å². The molecule has 2 aliphatic rings. The third kappa shape index (κ3) is 3.10. The standard InChI is InChI=1S/C21H20FNO3/c22-17-7-4-8-18-20(17)16(15-5-2-1-3-6-15)13-21(26-18)9-11-23(12-10-21)14-19(24)25/h1-8,13H,9-12,14H2,(H,24,25). The second kappa shape index (κ2) is 6.57. The third-order valence-corrected chi connectivity index (χ3v) is 5.11. The van der Waals surface area contributed by atoms with Crippen LogP contribution in [0.2, 0.25) is 0 Å². The predicted octanol–water partition coefficient (Wildman–Crippen LogP) is 3.57. The average molecular weight is 353 g/mol. The van der Waals surface area contributed by atoms with Crippen LogP contribution in [0.15, 0.2) is 54.6 Å². The van der Waals surface area contributed by atoms with Crippen molar-refractivity contribution in [2.45, 2.75) is 18.4 Å². The lowest BCUT2D eigenvalue weighted by molar-refractivity contribution is -0.139. The van der Waals surface area contributed by atoms with E-state index in [9.17, 15) is 9.18 Å². The molecule has 1 N–H and O–H groups in total. The van der Waals surface area contributed by atoms with Crippen LogP contribution in [0.5, 0.6) is 5.75 Å². The summed E-state index contributed by atoms with van der Waals surface area (Å²) in [5.74, 6) is -0.563. The Kier molecular flexibility index (Phi) is 4.24. The number of fused-ring (bicyclic) bond motifs is 1. The van der Waals surface area contributed by atoms with Gasteiger partial charge in [0, 0.05) is 25.9 Å². The van der Waals surface area contributed by atoms with E-state index in [4.69, 9.17) is 9.84 Å². The van der Waals surface area contributed by atoms with Crippen LogP contribution in [0.4, 0.5) is 4.39 Å². The van der Waals surface area contributed by atoms with E-state index in [0.717, 1.165) is 11.1 Å². The Morgan fingerprint density at radius 1 is 1.12 bits per heavy atom. The molecular formula is C21H20FNO3. The van der Waals surface area contributed by atoms with Gasteiger partial charge in [-0.3, -0.25) is 9.69 Å². The average Bonchev–Trinajstić information content (AvgIpc) is 2.64. The summed E-state index contributed by atoms with van der Waals surface area (Å²) >= 11 is 0. The van der Waals surface area contributed by atoms with Gasteiger partial charge in [0.25, 0.3) is 0 Å². The molecule has 0 atom stereocenters. The molecule has 4 rings (SSSR count). The van der Waals surface area contributed by atoms with Crippen molar-refractivity contribution < 1.29 is 19.0 Å². The van der Waals surface area contributed by atoms with E-state index >= 15 is 0 Å². The first-order valence-electron chi connectivity index (χ1n) is 8.77. The number of rotatable bonds is 3. The molecule has 2 aromatic rings. The monoisotopic (exact) mass is 353 g/mol. The molecule has 0 saturated carbocycles. The summed E-state index contributed by atoms with van der Waals surface area (Å²) < 4.78 is 20.8. The first kappa shape index (κ1) is 16.8. The minimum absolute atomic E-state index is 0.0382. The zero-order valence-electron chi connectivity index (χ0n) is 14.3. The number of likely N-dealkylation sites (tertiary alicyclic amines) is 1. The van der Waals surface area contributed by atoms with Gasteiger partial charge in [-0.05, 0) is 29.3 Å². The summed E-state index contributed by atoms with van der Waals surface area (Å²) in [6.07, 6.45) is 3.38. The van der Waals surface area contributed by atoms with E-state index in [-0.39, 0.29) is 12.4 Å². The number of halogens is 1. The maximum Gasteiger partial charge on any atom is 0.317 e. The molecule has 2 heterocycles. The van der Waals surface area contributed by atoms with Crippen molar-refractivity contribution in [2.75, 3.05) is 19.6 Å². The van der Waals surface area contributed by atoms with Crippen LogP contribution in [0, 0.1) is 5.82 Å². The second-order valence-electron chi connectivity index (χ2n) is 6.87. The normalized spacial score (nSPS) is 18.7. The fourth-order valence-electron chi connectivity index (χ4n) is 3.81. The molecule has 134 valence electrons. The summed E-state index contributed by atoms with van der Waals surface area (Å²) in [5.41, 5.74) is 1.77. The maximum absolute atomic E-state index is 14.6. The van der Waals surface area contributed by atoms with Crippen LogP contribution in [0.1, 0.15) is 24.0 Å². The highest BCUT2D eigenvalue weighted by Gasteiger charge is 2.40. The van der Waals surface area contributed by atoms with Crippen LogP contribution < -0.4 is 4.74 Å². The van der Waals surface area contributed by atoms with Gasteiger partial charge in [-0.2, -0.15) is 0 Å². The molecule has 1 saturated heterocycles. The van der Waals surface area contributed by atoms with Crippen molar-refractivity contribution in [3.05, 3.63) is 71.6 Å². The second-order valence-corrected chi connectivity index (χ2v) is 6.87. The fraction of sp³-hybridized carbons (Fsp3) is 0.286. The van der Waals surface area contributed by atoms with Gasteiger partial charge in [0.1, 0.15) is 17.2 Å². The maximum atomic E-state index is 14.6. The van der Waals surface area contributed by atoms with Gasteiger partial charge in [-0.25, -0.2) is 4.39 Å². The van der Waals surface area contributed by atoms with E-state index < -0.39 is 11.6 Å². The molecule has 4 nitrogen and oxygen atoms in total. The highest BCUT2D eigenvalue weighted by Crippen LogP contribution is 2.44. The highest BCUT2D eigenvalue weighted by molar-refractivity contribution is 5.85. The van der Waals surface area contributed by atoms with E-state index in [1.54, 1.807) is 12.1 Å². The van der Waals surface area contributed by atoms with E-state index in [1.807, 2.05) is 41.3 Å². The number of hydrogen-bond donors (Lipinski definition) is 1. The fourth-order valence-corrected chi connectivity index (χ4v) is 3.81. The lowest BCUT2D eigenvalue weighted by atomic mass is 9.82. The molecule has 26 heavy (non-hydrogen) atoms. The molecule has 0 bridgehead atoms. The van der Waals surface area contributed by atoms with Gasteiger partial charge in [0.05, 0.1) is 12.1 Å². The van der Waals surface area contributed by atoms with Crippen molar-refractivity contribution in [3.8, 4) is 5.75 Å². The largest absolute Gasteiger partial charge is 0.482 e. The molecule has 1 fully saturated rings. The molecule has 2 aliphatic heterocycles. The predicted molar refractivity (Wildman–Crippen MR) is 96.6 cm³/mol. The van der Waals surface area contributed by atoms with Crippen molar-refractivity contribution in [2.24, 2.45) is 0 Å². The molecule has 0 radical (unpaired) electrons. The molecule has 0 unspecified atom stereocenters. The molecule has 0 aromatic heterocycles. The molecule has 5 heteroatoms. The minimum atomic E-state index is -0.821. The lowest BCUT2D eigenvalue weighted by Crippen LogP contribution is -2.49. The Hall–Kier alpha value is -2.66. The number of aliphatic carboxylic acids is 1. The summed E-state index contributed by atoms with van der Waals surface area (Å²) in [6, 6.07) is 14.7. The summed E-state index contributed by atoms with van der Waals surface area (Å²) in [7, 11) is 0. The van der Waals surface area contributed by atoms with Gasteiger partial charge < -0.3 is 9.84 Å². The number of carbonyl (C=O) groups is 1. The first-order valence-corrected chi connectivity index (χ1v) is 8.77. The highest BCUT2D eigenvalue weighted by atomic mass is 19.1. The molecule has 0 amide bonds. The van der Waals surface area contributed by atoms with Gasteiger partial charge in [-0.15, -0.1) is 0 Å². The van der Waals surface area contributed by atoms with Crippen LogP contribution in [-0.4, -0.2) is 41.2 Å². The molecule has 2 aromatic carbocycles. The van der Waals surface area contributed by atoms with Crippen molar-refractivity contribution in [3.63, 3.8) is 0 Å². The summed E-state index contributed by atoms with van der Waals surface area (Å²) in [4.78, 5) is 12.9. The van der Waals surface area contributed by atoms with Crippen LogP contribution >= 0.6 is 0 Å². The molecular weight excluding hydrogens is 333 g/mol. The van der Waals surface area contributed by atoms with Crippen LogP contribution in [-0.2, 0) is 4.79 Å². The zero-order valence-corrected chi connectivity index (χ0v) is 14.3. The smallest absolute Gasteiger partial charge is 0.317 e. The molecule has 0 aliphatic carbocycles. The van der Waals surface area contributed by atoms with Crippen molar-refractivity contribution >= 4 is 11.5 Å². The number of piperidine rings is 1. The van der Waals surface area contributed by atoms with Crippen LogP contribution in [0.25, 0.3) is 5.57 Å². The Labute approximate surface area is 151 Å². The van der Waals surface area contributed by atoms with Crippen molar-refractivity contribution in [1.29, 1.82) is 0 Å². The Morgan fingerprint density at radius 2 is 1.85 bits per heavy atom. The topological polar surface area (TPSA) is 49.8 Å². The Balaban J connectivity index is 1.72. The molecule has 1 spiro atoms. The number of carboxylic acids is 1. The lowest BCUT2D eigenvalue weighted by Gasteiger charge is -2.42. The van der Waals surface area contributed by atoms with E-state index in [2.05, 4.69) is 0 Å². The van der Waals surface area contributed by atoms with Crippen molar-refractivity contribution in [1.82, 2.24) is 4.90 Å². The zero-order chi connectivity index (χ0) is 18.1. The summed E-state index contributed by atoms with van der Waals surface area (Å²) in [6.45, 7) is 1.31. The Bertz CT molecular complexity index is 855. The van der Waals surface area contributed by atoms with Gasteiger partial charge in [-0.1, -0.05) is 36.4 Å². The minimum Gasteiger partial charge on any atom is -0.482 e. The Morgan fingerprint density at radius 3 is 2.54 bits per heavy atom. The first-order chi connectivity index (χ1) is 12.6. The van der Waals surface area contributed by atoms with Gasteiger partial charge in [0.2, 0.25) is 0 Å². The number of carboxylic acid groups (broad SMARTS) is 1. The number of ether oxygens (including phenoxy) is 1. The van der Waals surface area contributed by atoms with E-state index in [1.165, 1.54) is 6.07 Å². The summed E-state index contributed by atoms with van der Waals surface area (Å²) in [5, 5.41) is 8.99. The van der Waals surface area contributed by atoms with E-state index in [0.29, 0.717) is 37.2 Å².